The minimum atomic E-state index is -0.209. The summed E-state index contributed by atoms with van der Waals surface area (Å²) in [7, 11) is 1.61. The van der Waals surface area contributed by atoms with Gasteiger partial charge in [-0.3, -0.25) is 4.79 Å². The summed E-state index contributed by atoms with van der Waals surface area (Å²) in [5.41, 5.74) is 0. The zero-order valence-electron chi connectivity index (χ0n) is 10.7. The van der Waals surface area contributed by atoms with Crippen molar-refractivity contribution in [2.24, 2.45) is 0 Å². The molecule has 0 fully saturated rings. The first kappa shape index (κ1) is 15.3. The van der Waals surface area contributed by atoms with Gasteiger partial charge in [-0.15, -0.1) is 0 Å². The van der Waals surface area contributed by atoms with Gasteiger partial charge in [0.2, 0.25) is 5.91 Å². The number of hydrogen-bond acceptors (Lipinski definition) is 4. The average Bonchev–Trinajstić information content (AvgIpc) is 2.26. The smallest absolute Gasteiger partial charge is 0.236 e. The van der Waals surface area contributed by atoms with Gasteiger partial charge in [-0.1, -0.05) is 0 Å². The Hall–Kier alpha value is -0.650. The molecule has 0 rings (SSSR count). The van der Waals surface area contributed by atoms with Gasteiger partial charge in [0.1, 0.15) is 0 Å². The summed E-state index contributed by atoms with van der Waals surface area (Å²) < 4.78 is 10.2. The van der Waals surface area contributed by atoms with Crippen LogP contribution in [0.15, 0.2) is 0 Å². The van der Waals surface area contributed by atoms with E-state index in [4.69, 9.17) is 9.47 Å². The molecule has 0 spiro atoms. The Balaban J connectivity index is 3.62. The molecule has 2 atom stereocenters. The molecule has 5 heteroatoms. The van der Waals surface area contributed by atoms with Crippen molar-refractivity contribution in [2.75, 3.05) is 33.4 Å². The maximum atomic E-state index is 11.5. The van der Waals surface area contributed by atoms with Crippen LogP contribution in [-0.4, -0.2) is 51.5 Å². The number of amides is 1. The van der Waals surface area contributed by atoms with Crippen LogP contribution in [0, 0.1) is 0 Å². The molecule has 1 amide bonds. The molecule has 5 nitrogen and oxygen atoms in total. The van der Waals surface area contributed by atoms with E-state index in [2.05, 4.69) is 10.6 Å². The number of nitrogens with one attached hydrogen (secondary N) is 2. The molecular weight excluding hydrogens is 208 g/mol. The maximum absolute atomic E-state index is 11.5. The molecule has 0 heterocycles. The summed E-state index contributed by atoms with van der Waals surface area (Å²) >= 11 is 0. The Labute approximate surface area is 97.9 Å². The van der Waals surface area contributed by atoms with Crippen molar-refractivity contribution < 1.29 is 14.3 Å². The predicted octanol–water partition coefficient (Wildman–Crippen LogP) is 0.152. The zero-order valence-corrected chi connectivity index (χ0v) is 10.7. The standard InChI is InChI=1S/C11H24N2O3/c1-5-16-9(2)8-13-10(3)11(14)12-6-7-15-4/h9-10,13H,5-8H2,1-4H3,(H,12,14). The van der Waals surface area contributed by atoms with Crippen molar-refractivity contribution in [3.8, 4) is 0 Å². The maximum Gasteiger partial charge on any atom is 0.236 e. The number of carbonyl (C=O) groups is 1. The summed E-state index contributed by atoms with van der Waals surface area (Å²) in [4.78, 5) is 11.5. The molecule has 0 radical (unpaired) electrons. The largest absolute Gasteiger partial charge is 0.383 e. The Kier molecular flexibility index (Phi) is 9.18. The lowest BCUT2D eigenvalue weighted by Gasteiger charge is -2.17. The average molecular weight is 232 g/mol. The van der Waals surface area contributed by atoms with Crippen LogP contribution in [0.4, 0.5) is 0 Å². The Bertz CT molecular complexity index is 188. The summed E-state index contributed by atoms with van der Waals surface area (Å²) in [5, 5.41) is 5.89. The highest BCUT2D eigenvalue weighted by molar-refractivity contribution is 5.81. The quantitative estimate of drug-likeness (QED) is 0.556. The van der Waals surface area contributed by atoms with E-state index in [0.29, 0.717) is 26.3 Å². The highest BCUT2D eigenvalue weighted by Gasteiger charge is 2.12. The number of methoxy groups -OCH3 is 1. The summed E-state index contributed by atoms with van der Waals surface area (Å²) in [6.45, 7) is 8.21. The predicted molar refractivity (Wildman–Crippen MR) is 63.4 cm³/mol. The van der Waals surface area contributed by atoms with Crippen molar-refractivity contribution in [1.29, 1.82) is 0 Å². The van der Waals surface area contributed by atoms with E-state index in [1.54, 1.807) is 7.11 Å². The van der Waals surface area contributed by atoms with Crippen LogP contribution in [0.5, 0.6) is 0 Å². The second-order valence-electron chi connectivity index (χ2n) is 3.68. The first-order valence-electron chi connectivity index (χ1n) is 5.73. The molecular formula is C11H24N2O3. The first-order chi connectivity index (χ1) is 7.61. The molecule has 0 aliphatic rings. The molecule has 0 bridgehead atoms. The summed E-state index contributed by atoms with van der Waals surface area (Å²) in [6.07, 6.45) is 0.124. The van der Waals surface area contributed by atoms with E-state index < -0.39 is 0 Å². The second-order valence-corrected chi connectivity index (χ2v) is 3.68. The topological polar surface area (TPSA) is 59.6 Å². The van der Waals surface area contributed by atoms with Gasteiger partial charge in [0.05, 0.1) is 18.8 Å². The Morgan fingerprint density at radius 3 is 2.62 bits per heavy atom. The van der Waals surface area contributed by atoms with E-state index >= 15 is 0 Å². The highest BCUT2D eigenvalue weighted by Crippen LogP contribution is 1.89. The van der Waals surface area contributed by atoms with E-state index in [-0.39, 0.29) is 18.1 Å². The van der Waals surface area contributed by atoms with Crippen molar-refractivity contribution in [2.45, 2.75) is 32.9 Å². The fraction of sp³-hybridized carbons (Fsp3) is 0.909. The van der Waals surface area contributed by atoms with Crippen LogP contribution in [0.1, 0.15) is 20.8 Å². The van der Waals surface area contributed by atoms with Gasteiger partial charge in [0.15, 0.2) is 0 Å². The van der Waals surface area contributed by atoms with Crippen molar-refractivity contribution in [3.63, 3.8) is 0 Å². The lowest BCUT2D eigenvalue weighted by molar-refractivity contribution is -0.123. The summed E-state index contributed by atoms with van der Waals surface area (Å²) in [5.74, 6) is -0.0132. The van der Waals surface area contributed by atoms with Gasteiger partial charge in [-0.2, -0.15) is 0 Å². The Morgan fingerprint density at radius 2 is 2.06 bits per heavy atom. The molecule has 2 N–H and O–H groups in total. The number of carbonyl (C=O) groups excluding carboxylic acids is 1. The fourth-order valence-corrected chi connectivity index (χ4v) is 1.21. The third-order valence-electron chi connectivity index (χ3n) is 2.16. The SMILES string of the molecule is CCOC(C)CNC(C)C(=O)NCCOC. The van der Waals surface area contributed by atoms with Gasteiger partial charge in [-0.25, -0.2) is 0 Å². The number of ether oxygens (including phenoxy) is 2. The van der Waals surface area contributed by atoms with Crippen molar-refractivity contribution in [1.82, 2.24) is 10.6 Å². The lowest BCUT2D eigenvalue weighted by Crippen LogP contribution is -2.45. The van der Waals surface area contributed by atoms with Crippen molar-refractivity contribution >= 4 is 5.91 Å². The number of rotatable bonds is 9. The van der Waals surface area contributed by atoms with E-state index in [1.807, 2.05) is 20.8 Å². The molecule has 0 aliphatic carbocycles. The molecule has 0 saturated carbocycles. The molecule has 0 aromatic rings. The zero-order chi connectivity index (χ0) is 12.4. The summed E-state index contributed by atoms with van der Waals surface area (Å²) in [6, 6.07) is -0.209. The first-order valence-corrected chi connectivity index (χ1v) is 5.73. The van der Waals surface area contributed by atoms with Crippen LogP contribution in [0.3, 0.4) is 0 Å². The third-order valence-corrected chi connectivity index (χ3v) is 2.16. The normalized spacial score (nSPS) is 14.5. The molecule has 0 saturated heterocycles. The highest BCUT2D eigenvalue weighted by atomic mass is 16.5. The van der Waals surface area contributed by atoms with Crippen LogP contribution in [0.2, 0.25) is 0 Å². The van der Waals surface area contributed by atoms with Crippen molar-refractivity contribution in [3.05, 3.63) is 0 Å². The molecule has 96 valence electrons. The lowest BCUT2D eigenvalue weighted by atomic mass is 10.3. The van der Waals surface area contributed by atoms with Crippen LogP contribution in [0.25, 0.3) is 0 Å². The van der Waals surface area contributed by atoms with E-state index in [9.17, 15) is 4.79 Å². The molecule has 0 aromatic heterocycles. The van der Waals surface area contributed by atoms with Crippen LogP contribution >= 0.6 is 0 Å². The fourth-order valence-electron chi connectivity index (χ4n) is 1.21. The molecule has 0 aromatic carbocycles. The van der Waals surface area contributed by atoms with Gasteiger partial charge in [0.25, 0.3) is 0 Å². The van der Waals surface area contributed by atoms with Gasteiger partial charge < -0.3 is 20.1 Å². The van der Waals surface area contributed by atoms with Gasteiger partial charge in [-0.05, 0) is 20.8 Å². The minimum absolute atomic E-state index is 0.0132. The number of hydrogen-bond donors (Lipinski definition) is 2. The molecule has 0 aliphatic heterocycles. The monoisotopic (exact) mass is 232 g/mol. The van der Waals surface area contributed by atoms with Crippen LogP contribution < -0.4 is 10.6 Å². The van der Waals surface area contributed by atoms with E-state index in [0.717, 1.165) is 0 Å². The van der Waals surface area contributed by atoms with Gasteiger partial charge >= 0.3 is 0 Å². The van der Waals surface area contributed by atoms with Crippen LogP contribution in [-0.2, 0) is 14.3 Å². The Morgan fingerprint density at radius 1 is 1.38 bits per heavy atom. The minimum Gasteiger partial charge on any atom is -0.383 e. The molecule has 16 heavy (non-hydrogen) atoms. The second kappa shape index (κ2) is 9.57. The molecule has 2 unspecified atom stereocenters. The van der Waals surface area contributed by atoms with E-state index in [1.165, 1.54) is 0 Å². The third kappa shape index (κ3) is 7.62. The van der Waals surface area contributed by atoms with Gasteiger partial charge in [0, 0.05) is 26.8 Å².